The van der Waals surface area contributed by atoms with Crippen molar-refractivity contribution in [2.75, 3.05) is 50.4 Å². The van der Waals surface area contributed by atoms with Gasteiger partial charge in [-0.05, 0) is 42.5 Å². The van der Waals surface area contributed by atoms with Gasteiger partial charge in [-0.3, -0.25) is 15.0 Å². The minimum atomic E-state index is -0.296. The van der Waals surface area contributed by atoms with Gasteiger partial charge in [0.05, 0.1) is 24.6 Å². The molecule has 0 saturated carbocycles. The number of amides is 3. The number of hydrogen-bond acceptors (Lipinski definition) is 8. The topological polar surface area (TPSA) is 118 Å². The molecule has 216 valence electrons. The van der Waals surface area contributed by atoms with Crippen LogP contribution in [0, 0.1) is 0 Å². The van der Waals surface area contributed by atoms with E-state index < -0.39 is 0 Å². The number of nitrogens with two attached hydrogens (primary N) is 1. The molecule has 3 heterocycles. The minimum Gasteiger partial charge on any atom is -0.463 e. The maximum absolute atomic E-state index is 13.5. The van der Waals surface area contributed by atoms with Crippen LogP contribution in [0.15, 0.2) is 83.0 Å². The molecule has 0 atom stereocenters. The molecule has 1 fully saturated rings. The van der Waals surface area contributed by atoms with Gasteiger partial charge in [0.1, 0.15) is 6.26 Å². The van der Waals surface area contributed by atoms with Crippen molar-refractivity contribution in [1.29, 1.82) is 0 Å². The van der Waals surface area contributed by atoms with Gasteiger partial charge in [-0.25, -0.2) is 4.79 Å². The van der Waals surface area contributed by atoms with Crippen molar-refractivity contribution < 1.29 is 23.8 Å². The van der Waals surface area contributed by atoms with Gasteiger partial charge in [-0.1, -0.05) is 30.4 Å². The van der Waals surface area contributed by atoms with Gasteiger partial charge in [0.15, 0.2) is 12.0 Å². The predicted molar refractivity (Wildman–Crippen MR) is 159 cm³/mol. The Morgan fingerprint density at radius 3 is 2.63 bits per heavy atom. The van der Waals surface area contributed by atoms with Crippen molar-refractivity contribution in [2.45, 2.75) is 25.8 Å². The molecule has 1 aromatic heterocycles. The summed E-state index contributed by atoms with van der Waals surface area (Å²) in [5, 5.41) is 9.27. The number of hydrogen-bond donors (Lipinski definition) is 3. The molecule has 5 rings (SSSR count). The van der Waals surface area contributed by atoms with Crippen molar-refractivity contribution in [2.24, 2.45) is 0 Å². The van der Waals surface area contributed by atoms with E-state index in [0.717, 1.165) is 63.2 Å². The van der Waals surface area contributed by atoms with Crippen LogP contribution in [0.25, 0.3) is 0 Å². The standard InChI is InChI=1S/C30H35N5O5S/c31-25-20-41-21-26(25)32-29(36)24-9-7-22(8-10-24)17-35(12-4-11-34-13-15-38-16-14-34)30(37)33-28-19-39-18-27(40-28)23-5-2-1-3-6-23/h1-2,5,7-10,18-21H,3-4,6,11-17,31H2,(H,32,36)(H,33,37). The lowest BCUT2D eigenvalue weighted by molar-refractivity contribution is 0.0364. The Balaban J connectivity index is 1.21. The Morgan fingerprint density at radius 1 is 1.07 bits per heavy atom. The molecule has 1 aliphatic carbocycles. The van der Waals surface area contributed by atoms with Gasteiger partial charge in [-0.2, -0.15) is 0 Å². The van der Waals surface area contributed by atoms with Crippen LogP contribution < -0.4 is 16.4 Å². The highest BCUT2D eigenvalue weighted by Crippen LogP contribution is 2.26. The SMILES string of the molecule is Nc1cscc1NC(=O)c1ccc(CN(CCCN2CCOCC2)C(=O)NC2=COC=C(C3=CC=CCC3)O2)cc1. The highest BCUT2D eigenvalue weighted by Gasteiger charge is 2.21. The summed E-state index contributed by atoms with van der Waals surface area (Å²) < 4.78 is 16.9. The zero-order valence-corrected chi connectivity index (χ0v) is 23.7. The van der Waals surface area contributed by atoms with Gasteiger partial charge < -0.3 is 30.2 Å². The zero-order chi connectivity index (χ0) is 28.4. The molecule has 11 heteroatoms. The maximum atomic E-state index is 13.5. The molecular weight excluding hydrogens is 542 g/mol. The average Bonchev–Trinajstić information content (AvgIpc) is 3.41. The van der Waals surface area contributed by atoms with E-state index in [2.05, 4.69) is 21.6 Å². The highest BCUT2D eigenvalue weighted by molar-refractivity contribution is 7.09. The lowest BCUT2D eigenvalue weighted by Crippen LogP contribution is -2.42. The van der Waals surface area contributed by atoms with Crippen LogP contribution in [-0.4, -0.2) is 61.1 Å². The number of thiophene rings is 1. The molecule has 0 bridgehead atoms. The second-order valence-corrected chi connectivity index (χ2v) is 10.7. The Bertz CT molecular complexity index is 1340. The summed E-state index contributed by atoms with van der Waals surface area (Å²) in [7, 11) is 0. The fraction of sp³-hybridized carbons (Fsp3) is 0.333. The molecule has 4 N–H and O–H groups in total. The number of rotatable bonds is 10. The molecule has 0 spiro atoms. The van der Waals surface area contributed by atoms with E-state index in [4.69, 9.17) is 19.9 Å². The van der Waals surface area contributed by atoms with Gasteiger partial charge in [-0.15, -0.1) is 11.3 Å². The summed E-state index contributed by atoms with van der Waals surface area (Å²) in [6.45, 7) is 5.02. The molecule has 2 aliphatic heterocycles. The smallest absolute Gasteiger partial charge is 0.324 e. The van der Waals surface area contributed by atoms with Crippen molar-refractivity contribution in [3.05, 3.63) is 94.1 Å². The van der Waals surface area contributed by atoms with Crippen LogP contribution in [0.1, 0.15) is 35.2 Å². The summed E-state index contributed by atoms with van der Waals surface area (Å²) in [6.07, 6.45) is 11.6. The number of carbonyl (C=O) groups excluding carboxylic acids is 2. The molecule has 41 heavy (non-hydrogen) atoms. The summed E-state index contributed by atoms with van der Waals surface area (Å²) >= 11 is 1.43. The monoisotopic (exact) mass is 577 g/mol. The number of anilines is 2. The van der Waals surface area contributed by atoms with Crippen LogP contribution >= 0.6 is 11.3 Å². The van der Waals surface area contributed by atoms with E-state index in [0.29, 0.717) is 35.8 Å². The lowest BCUT2D eigenvalue weighted by atomic mass is 10.0. The number of ether oxygens (including phenoxy) is 3. The highest BCUT2D eigenvalue weighted by atomic mass is 32.1. The third kappa shape index (κ3) is 8.00. The Morgan fingerprint density at radius 2 is 1.90 bits per heavy atom. The van der Waals surface area contributed by atoms with E-state index in [9.17, 15) is 9.59 Å². The Kier molecular flexibility index (Phi) is 9.74. The number of nitrogen functional groups attached to an aromatic ring is 1. The molecule has 3 aliphatic rings. The first-order valence-corrected chi connectivity index (χ1v) is 14.7. The van der Waals surface area contributed by atoms with Gasteiger partial charge in [0, 0.05) is 49.0 Å². The largest absolute Gasteiger partial charge is 0.463 e. The second-order valence-electron chi connectivity index (χ2n) is 9.91. The number of carbonyl (C=O) groups is 2. The molecule has 0 radical (unpaired) electrons. The average molecular weight is 578 g/mol. The van der Waals surface area contributed by atoms with E-state index in [1.165, 1.54) is 17.6 Å². The molecule has 1 saturated heterocycles. The van der Waals surface area contributed by atoms with Crippen molar-refractivity contribution >= 4 is 34.6 Å². The number of benzene rings is 1. The fourth-order valence-corrected chi connectivity index (χ4v) is 5.33. The molecular formula is C30H35N5O5S. The Hall–Kier alpha value is -4.06. The quantitative estimate of drug-likeness (QED) is 0.372. The molecule has 3 amide bonds. The third-order valence-corrected chi connectivity index (χ3v) is 7.72. The zero-order valence-electron chi connectivity index (χ0n) is 22.8. The fourth-order valence-electron chi connectivity index (χ4n) is 4.66. The van der Waals surface area contributed by atoms with Gasteiger partial charge in [0.25, 0.3) is 5.91 Å². The summed E-state index contributed by atoms with van der Waals surface area (Å²) in [5.41, 5.74) is 9.44. The van der Waals surface area contributed by atoms with Gasteiger partial charge >= 0.3 is 6.03 Å². The van der Waals surface area contributed by atoms with Crippen LogP contribution in [0.3, 0.4) is 0 Å². The summed E-state index contributed by atoms with van der Waals surface area (Å²) in [5.74, 6) is 0.584. The van der Waals surface area contributed by atoms with E-state index in [-0.39, 0.29) is 17.8 Å². The summed E-state index contributed by atoms with van der Waals surface area (Å²) in [6, 6.07) is 6.92. The molecule has 2 aromatic rings. The normalized spacial score (nSPS) is 16.9. The Labute approximate surface area is 243 Å². The number of allylic oxidation sites excluding steroid dienone is 4. The van der Waals surface area contributed by atoms with Crippen molar-refractivity contribution in [3.63, 3.8) is 0 Å². The third-order valence-electron chi connectivity index (χ3n) is 6.95. The van der Waals surface area contributed by atoms with Crippen LogP contribution in [-0.2, 0) is 20.8 Å². The molecule has 10 nitrogen and oxygen atoms in total. The van der Waals surface area contributed by atoms with Crippen LogP contribution in [0.5, 0.6) is 0 Å². The van der Waals surface area contributed by atoms with Crippen LogP contribution in [0.2, 0.25) is 0 Å². The lowest BCUT2D eigenvalue weighted by Gasteiger charge is -2.29. The van der Waals surface area contributed by atoms with E-state index >= 15 is 0 Å². The van der Waals surface area contributed by atoms with E-state index in [1.54, 1.807) is 34.1 Å². The van der Waals surface area contributed by atoms with Gasteiger partial charge in [0.2, 0.25) is 5.88 Å². The first-order chi connectivity index (χ1) is 20.0. The van der Waals surface area contributed by atoms with Crippen molar-refractivity contribution in [1.82, 2.24) is 15.1 Å². The first-order valence-electron chi connectivity index (χ1n) is 13.7. The number of morpholine rings is 1. The first kappa shape index (κ1) is 28.5. The number of nitrogens with zero attached hydrogens (tertiary/aromatic N) is 2. The second kappa shape index (κ2) is 14.0. The maximum Gasteiger partial charge on any atom is 0.324 e. The van der Waals surface area contributed by atoms with Crippen molar-refractivity contribution in [3.8, 4) is 0 Å². The van der Waals surface area contributed by atoms with Crippen LogP contribution in [0.4, 0.5) is 16.2 Å². The summed E-state index contributed by atoms with van der Waals surface area (Å²) in [4.78, 5) is 30.2. The number of urea groups is 1. The molecule has 1 aromatic carbocycles. The van der Waals surface area contributed by atoms with E-state index in [1.807, 2.05) is 24.3 Å². The minimum absolute atomic E-state index is 0.237. The molecule has 0 unspecified atom stereocenters. The predicted octanol–water partition coefficient (Wildman–Crippen LogP) is 4.78. The number of nitrogens with one attached hydrogen (secondary N) is 2.